The minimum atomic E-state index is 0.0816. The van der Waals surface area contributed by atoms with E-state index in [1.165, 1.54) is 74.9 Å². The van der Waals surface area contributed by atoms with Crippen LogP contribution in [0.3, 0.4) is 0 Å². The van der Waals surface area contributed by atoms with Gasteiger partial charge in [-0.3, -0.25) is 0 Å². The quantitative estimate of drug-likeness (QED) is 0.164. The summed E-state index contributed by atoms with van der Waals surface area (Å²) in [6.45, 7) is 27.4. The fourth-order valence-corrected chi connectivity index (χ4v) is 11.8. The molecule has 0 aromatic heterocycles. The number of hydrogen-bond donors (Lipinski definition) is 0. The van der Waals surface area contributed by atoms with Crippen LogP contribution in [0.25, 0.3) is 33.0 Å². The first-order valence-electron chi connectivity index (χ1n) is 23.5. The van der Waals surface area contributed by atoms with E-state index in [9.17, 15) is 0 Å². The van der Waals surface area contributed by atoms with E-state index in [0.29, 0.717) is 0 Å². The van der Waals surface area contributed by atoms with Crippen LogP contribution in [0.1, 0.15) is 105 Å². The molecular formula is C62H62N2S2. The monoisotopic (exact) mass is 898 g/mol. The normalized spacial score (nSPS) is 13.3. The Morgan fingerprint density at radius 3 is 0.758 bits per heavy atom. The summed E-state index contributed by atoms with van der Waals surface area (Å²) in [5.74, 6) is 0. The molecule has 0 amide bonds. The molecule has 0 bridgehead atoms. The topological polar surface area (TPSA) is 6.48 Å². The third-order valence-electron chi connectivity index (χ3n) is 13.5. The molecular weight excluding hydrogens is 837 g/mol. The molecule has 2 aliphatic rings. The molecule has 66 heavy (non-hydrogen) atoms. The van der Waals surface area contributed by atoms with Crippen molar-refractivity contribution in [1.29, 1.82) is 0 Å². The van der Waals surface area contributed by atoms with Crippen LogP contribution >= 0.6 is 23.5 Å². The van der Waals surface area contributed by atoms with Gasteiger partial charge in [-0.2, -0.15) is 0 Å². The summed E-state index contributed by atoms with van der Waals surface area (Å²) in [5, 5.41) is 2.73. The van der Waals surface area contributed by atoms with Crippen molar-refractivity contribution in [2.24, 2.45) is 0 Å². The molecule has 0 saturated carbocycles. The summed E-state index contributed by atoms with van der Waals surface area (Å²) in [6.07, 6.45) is 0. The van der Waals surface area contributed by atoms with Crippen LogP contribution < -0.4 is 9.80 Å². The summed E-state index contributed by atoms with van der Waals surface area (Å²) in [4.78, 5) is 10.0. The molecule has 10 rings (SSSR count). The Morgan fingerprint density at radius 2 is 0.500 bits per heavy atom. The number of anilines is 6. The van der Waals surface area contributed by atoms with Crippen molar-refractivity contribution in [2.75, 3.05) is 9.80 Å². The fourth-order valence-electron chi connectivity index (χ4n) is 9.54. The number of rotatable bonds is 6. The third kappa shape index (κ3) is 8.05. The van der Waals surface area contributed by atoms with Crippen LogP contribution in [0.4, 0.5) is 34.1 Å². The average molecular weight is 899 g/mol. The van der Waals surface area contributed by atoms with Crippen LogP contribution in [0.5, 0.6) is 0 Å². The molecule has 0 N–H and O–H groups in total. The van der Waals surface area contributed by atoms with Gasteiger partial charge in [0.1, 0.15) is 0 Å². The van der Waals surface area contributed by atoms with Crippen LogP contribution in [0.2, 0.25) is 0 Å². The zero-order valence-corrected chi connectivity index (χ0v) is 42.4. The second-order valence-electron chi connectivity index (χ2n) is 22.4. The second-order valence-corrected chi connectivity index (χ2v) is 24.6. The van der Waals surface area contributed by atoms with Gasteiger partial charge in [-0.1, -0.05) is 179 Å². The minimum absolute atomic E-state index is 0.0816. The highest BCUT2D eigenvalue weighted by Crippen LogP contribution is 2.57. The zero-order valence-electron chi connectivity index (χ0n) is 40.7. The predicted molar refractivity (Wildman–Crippen MR) is 287 cm³/mol. The highest BCUT2D eigenvalue weighted by atomic mass is 32.2. The standard InChI is InChI=1S/C62H62N2S2/c1-59(2,3)39-13-21-43(22-14-39)63(44-23-15-40(16-24-44)60(4,5)6)47-29-31-49-51-33-34-52-50-32-30-48(38-56(50)66-54-36-35-53(57(51)58(52)54)65-55(49)37-47)64(45-25-17-41(18-26-45)61(7,8)9)46-27-19-42(20-28-46)62(10,11)12/h13-38H,1-12H3. The van der Waals surface area contributed by atoms with E-state index >= 15 is 0 Å². The van der Waals surface area contributed by atoms with Gasteiger partial charge in [0, 0.05) is 64.5 Å². The molecule has 332 valence electrons. The molecule has 2 nitrogen and oxygen atoms in total. The lowest BCUT2D eigenvalue weighted by molar-refractivity contribution is 0.590. The van der Waals surface area contributed by atoms with E-state index in [1.54, 1.807) is 0 Å². The molecule has 0 fully saturated rings. The van der Waals surface area contributed by atoms with Gasteiger partial charge in [-0.05, 0) is 151 Å². The van der Waals surface area contributed by atoms with E-state index in [-0.39, 0.29) is 21.7 Å². The Labute approximate surface area is 402 Å². The number of benzene rings is 8. The Kier molecular flexibility index (Phi) is 10.7. The van der Waals surface area contributed by atoms with Crippen LogP contribution in [-0.2, 0) is 21.7 Å². The van der Waals surface area contributed by atoms with Gasteiger partial charge in [0.25, 0.3) is 0 Å². The molecule has 0 aliphatic carbocycles. The SMILES string of the molecule is CC(C)(C)c1ccc(N(c2ccc(C(C)(C)C)cc2)c2ccc3c(c2)Sc2ccc4c5c(ccc-3c25)-c2ccc(N(c3ccc(C(C)(C)C)cc3)c3ccc(C(C)(C)C)cc3)cc2S4)cc1. The lowest BCUT2D eigenvalue weighted by Gasteiger charge is -2.31. The third-order valence-corrected chi connectivity index (χ3v) is 15.8. The van der Waals surface area contributed by atoms with E-state index in [0.717, 1.165) is 34.1 Å². The van der Waals surface area contributed by atoms with Crippen molar-refractivity contribution in [3.05, 3.63) is 180 Å². The van der Waals surface area contributed by atoms with E-state index < -0.39 is 0 Å². The first-order chi connectivity index (χ1) is 31.2. The predicted octanol–water partition coefficient (Wildman–Crippen LogP) is 19.2. The Balaban J connectivity index is 1.03. The molecule has 8 aromatic carbocycles. The molecule has 0 spiro atoms. The van der Waals surface area contributed by atoms with Crippen molar-refractivity contribution in [3.63, 3.8) is 0 Å². The number of nitrogens with zero attached hydrogens (tertiary/aromatic N) is 2. The first-order valence-corrected chi connectivity index (χ1v) is 25.1. The molecule has 8 aromatic rings. The fraction of sp³-hybridized carbons (Fsp3) is 0.258. The molecule has 0 radical (unpaired) electrons. The molecule has 2 aliphatic heterocycles. The van der Waals surface area contributed by atoms with E-state index in [2.05, 4.69) is 251 Å². The van der Waals surface area contributed by atoms with Gasteiger partial charge in [0.15, 0.2) is 0 Å². The van der Waals surface area contributed by atoms with E-state index in [4.69, 9.17) is 0 Å². The minimum Gasteiger partial charge on any atom is -0.310 e. The number of fused-ring (bicyclic) bond motifs is 4. The van der Waals surface area contributed by atoms with Gasteiger partial charge < -0.3 is 9.80 Å². The smallest absolute Gasteiger partial charge is 0.0473 e. The Hall–Kier alpha value is -5.68. The summed E-state index contributed by atoms with van der Waals surface area (Å²) >= 11 is 3.81. The Bertz CT molecular complexity index is 2800. The maximum atomic E-state index is 2.42. The average Bonchev–Trinajstić information content (AvgIpc) is 3.27. The highest BCUT2D eigenvalue weighted by Gasteiger charge is 2.29. The van der Waals surface area contributed by atoms with Crippen molar-refractivity contribution >= 4 is 68.4 Å². The largest absolute Gasteiger partial charge is 0.310 e. The maximum Gasteiger partial charge on any atom is 0.0473 e. The molecule has 4 heteroatoms. The number of hydrogen-bond acceptors (Lipinski definition) is 4. The first kappa shape index (κ1) is 44.2. The van der Waals surface area contributed by atoms with Gasteiger partial charge in [0.2, 0.25) is 0 Å². The van der Waals surface area contributed by atoms with Crippen molar-refractivity contribution < 1.29 is 0 Å². The van der Waals surface area contributed by atoms with Gasteiger partial charge in [-0.25, -0.2) is 0 Å². The van der Waals surface area contributed by atoms with Gasteiger partial charge in [-0.15, -0.1) is 0 Å². The summed E-state index contributed by atoms with van der Waals surface area (Å²) in [5.41, 5.74) is 17.8. The van der Waals surface area contributed by atoms with Gasteiger partial charge >= 0.3 is 0 Å². The molecule has 0 atom stereocenters. The summed E-state index contributed by atoms with van der Waals surface area (Å²) in [6, 6.07) is 60.3. The second kappa shape index (κ2) is 16.0. The highest BCUT2D eigenvalue weighted by molar-refractivity contribution is 8.00. The van der Waals surface area contributed by atoms with Crippen LogP contribution in [0.15, 0.2) is 177 Å². The zero-order chi connectivity index (χ0) is 46.5. The molecule has 0 saturated heterocycles. The van der Waals surface area contributed by atoms with Crippen molar-refractivity contribution in [3.8, 4) is 22.3 Å². The Morgan fingerprint density at radius 1 is 0.258 bits per heavy atom. The maximum absolute atomic E-state index is 2.42. The van der Waals surface area contributed by atoms with Crippen LogP contribution in [0, 0.1) is 0 Å². The molecule has 0 unspecified atom stereocenters. The van der Waals surface area contributed by atoms with Gasteiger partial charge in [0.05, 0.1) is 0 Å². The van der Waals surface area contributed by atoms with Crippen molar-refractivity contribution in [1.82, 2.24) is 0 Å². The van der Waals surface area contributed by atoms with E-state index in [1.807, 2.05) is 23.5 Å². The lowest BCUT2D eigenvalue weighted by atomic mass is 9.86. The summed E-state index contributed by atoms with van der Waals surface area (Å²) < 4.78 is 0. The van der Waals surface area contributed by atoms with Crippen LogP contribution in [-0.4, -0.2) is 0 Å². The van der Waals surface area contributed by atoms with Crippen molar-refractivity contribution in [2.45, 2.75) is 124 Å². The molecule has 2 heterocycles. The summed E-state index contributed by atoms with van der Waals surface area (Å²) in [7, 11) is 0. The lowest BCUT2D eigenvalue weighted by Crippen LogP contribution is -2.14.